The molecule has 2 N–H and O–H groups in total. The highest BCUT2D eigenvalue weighted by Crippen LogP contribution is 2.11. The molecule has 0 aliphatic carbocycles. The highest BCUT2D eigenvalue weighted by atomic mass is 35.5. The second-order valence-corrected chi connectivity index (χ2v) is 4.52. The van der Waals surface area contributed by atoms with E-state index in [9.17, 15) is 4.79 Å². The van der Waals surface area contributed by atoms with Crippen molar-refractivity contribution >= 4 is 17.5 Å². The van der Waals surface area contributed by atoms with Crippen molar-refractivity contribution in [3.63, 3.8) is 0 Å². The molecule has 0 aliphatic heterocycles. The fourth-order valence-electron chi connectivity index (χ4n) is 1.71. The van der Waals surface area contributed by atoms with Gasteiger partial charge in [-0.3, -0.25) is 4.79 Å². The van der Waals surface area contributed by atoms with Crippen LogP contribution in [0.5, 0.6) is 5.75 Å². The summed E-state index contributed by atoms with van der Waals surface area (Å²) in [7, 11) is 1.64. The summed E-state index contributed by atoms with van der Waals surface area (Å²) in [5.41, 5.74) is 1.62. The van der Waals surface area contributed by atoms with Crippen molar-refractivity contribution in [3.8, 4) is 5.75 Å². The number of hydrogen-bond donors (Lipinski definition) is 2. The van der Waals surface area contributed by atoms with Crippen molar-refractivity contribution in [1.82, 2.24) is 10.3 Å². The first kappa shape index (κ1) is 13.5. The second-order valence-electron chi connectivity index (χ2n) is 4.09. The predicted molar refractivity (Wildman–Crippen MR) is 74.8 cm³/mol. The monoisotopic (exact) mass is 278 g/mol. The number of amides is 1. The van der Waals surface area contributed by atoms with E-state index in [0.29, 0.717) is 17.3 Å². The molecule has 2 aromatic rings. The van der Waals surface area contributed by atoms with E-state index in [1.54, 1.807) is 19.4 Å². The van der Waals surface area contributed by atoms with Gasteiger partial charge in [-0.1, -0.05) is 23.7 Å². The number of aromatic amines is 1. The highest BCUT2D eigenvalue weighted by molar-refractivity contribution is 6.30. The van der Waals surface area contributed by atoms with E-state index in [2.05, 4.69) is 10.3 Å². The van der Waals surface area contributed by atoms with Crippen LogP contribution in [-0.2, 0) is 6.42 Å². The minimum Gasteiger partial charge on any atom is -0.497 e. The van der Waals surface area contributed by atoms with Gasteiger partial charge in [0.25, 0.3) is 5.91 Å². The van der Waals surface area contributed by atoms with E-state index in [0.717, 1.165) is 17.7 Å². The number of carbonyl (C=O) groups excluding carboxylic acids is 1. The molecule has 1 aromatic heterocycles. The zero-order chi connectivity index (χ0) is 13.7. The van der Waals surface area contributed by atoms with Crippen LogP contribution < -0.4 is 10.1 Å². The molecule has 19 heavy (non-hydrogen) atoms. The summed E-state index contributed by atoms with van der Waals surface area (Å²) < 4.78 is 5.09. The molecule has 0 unspecified atom stereocenters. The standard InChI is InChI=1S/C14H15ClN2O2/c1-19-12-4-2-10(3-5-12)6-7-16-14(18)13-8-11(15)9-17-13/h2-5,8-9,17H,6-7H2,1H3,(H,16,18). The maximum atomic E-state index is 11.7. The van der Waals surface area contributed by atoms with Crippen molar-refractivity contribution in [3.05, 3.63) is 52.8 Å². The molecule has 1 aromatic carbocycles. The van der Waals surface area contributed by atoms with Gasteiger partial charge < -0.3 is 15.0 Å². The van der Waals surface area contributed by atoms with Crippen LogP contribution in [0.2, 0.25) is 5.02 Å². The van der Waals surface area contributed by atoms with E-state index >= 15 is 0 Å². The minimum absolute atomic E-state index is 0.152. The Balaban J connectivity index is 1.81. The normalized spacial score (nSPS) is 10.2. The quantitative estimate of drug-likeness (QED) is 0.883. The van der Waals surface area contributed by atoms with Crippen molar-refractivity contribution < 1.29 is 9.53 Å². The van der Waals surface area contributed by atoms with E-state index < -0.39 is 0 Å². The van der Waals surface area contributed by atoms with Gasteiger partial charge in [0.2, 0.25) is 0 Å². The Labute approximate surface area is 116 Å². The van der Waals surface area contributed by atoms with Crippen LogP contribution in [0, 0.1) is 0 Å². The molecule has 5 heteroatoms. The fraction of sp³-hybridized carbons (Fsp3) is 0.214. The molecule has 100 valence electrons. The number of hydrogen-bond acceptors (Lipinski definition) is 2. The maximum Gasteiger partial charge on any atom is 0.267 e. The summed E-state index contributed by atoms with van der Waals surface area (Å²) in [6.07, 6.45) is 2.35. The Bertz CT molecular complexity index is 549. The molecule has 0 saturated heterocycles. The molecular formula is C14H15ClN2O2. The third-order valence-corrected chi connectivity index (χ3v) is 2.97. The number of aromatic nitrogens is 1. The Hall–Kier alpha value is -1.94. The number of carbonyl (C=O) groups is 1. The lowest BCUT2D eigenvalue weighted by atomic mass is 10.1. The minimum atomic E-state index is -0.152. The molecular weight excluding hydrogens is 264 g/mol. The number of rotatable bonds is 5. The van der Waals surface area contributed by atoms with Crippen molar-refractivity contribution in [1.29, 1.82) is 0 Å². The molecule has 1 heterocycles. The molecule has 0 fully saturated rings. The molecule has 0 bridgehead atoms. The van der Waals surface area contributed by atoms with Gasteiger partial charge in [0, 0.05) is 12.7 Å². The largest absolute Gasteiger partial charge is 0.497 e. The zero-order valence-corrected chi connectivity index (χ0v) is 11.3. The summed E-state index contributed by atoms with van der Waals surface area (Å²) >= 11 is 5.74. The van der Waals surface area contributed by atoms with Gasteiger partial charge in [-0.25, -0.2) is 0 Å². The van der Waals surface area contributed by atoms with Gasteiger partial charge in [-0.05, 0) is 30.2 Å². The van der Waals surface area contributed by atoms with Crippen molar-refractivity contribution in [2.24, 2.45) is 0 Å². The summed E-state index contributed by atoms with van der Waals surface area (Å²) in [5, 5.41) is 3.36. The fourth-order valence-corrected chi connectivity index (χ4v) is 1.87. The van der Waals surface area contributed by atoms with Crippen LogP contribution in [0.25, 0.3) is 0 Å². The third-order valence-electron chi connectivity index (χ3n) is 2.75. The molecule has 0 radical (unpaired) electrons. The SMILES string of the molecule is COc1ccc(CCNC(=O)c2cc(Cl)c[nH]2)cc1. The van der Waals surface area contributed by atoms with Crippen LogP contribution in [0.3, 0.4) is 0 Å². The van der Waals surface area contributed by atoms with Gasteiger partial charge in [0.05, 0.1) is 12.1 Å². The van der Waals surface area contributed by atoms with Crippen LogP contribution in [0.15, 0.2) is 36.5 Å². The molecule has 4 nitrogen and oxygen atoms in total. The molecule has 0 spiro atoms. The Morgan fingerprint density at radius 2 is 2.11 bits per heavy atom. The van der Waals surface area contributed by atoms with E-state index in [4.69, 9.17) is 16.3 Å². The van der Waals surface area contributed by atoms with Gasteiger partial charge in [0.1, 0.15) is 11.4 Å². The van der Waals surface area contributed by atoms with E-state index in [-0.39, 0.29) is 5.91 Å². The van der Waals surface area contributed by atoms with Gasteiger partial charge in [-0.2, -0.15) is 0 Å². The van der Waals surface area contributed by atoms with E-state index in [1.165, 1.54) is 0 Å². The van der Waals surface area contributed by atoms with Crippen LogP contribution in [0.4, 0.5) is 0 Å². The molecule has 0 atom stereocenters. The Morgan fingerprint density at radius 1 is 1.37 bits per heavy atom. The summed E-state index contributed by atoms with van der Waals surface area (Å²) in [4.78, 5) is 14.5. The van der Waals surface area contributed by atoms with Crippen molar-refractivity contribution in [2.75, 3.05) is 13.7 Å². The summed E-state index contributed by atoms with van der Waals surface area (Å²) in [6.45, 7) is 0.571. The number of ether oxygens (including phenoxy) is 1. The number of methoxy groups -OCH3 is 1. The lowest BCUT2D eigenvalue weighted by Crippen LogP contribution is -2.25. The smallest absolute Gasteiger partial charge is 0.267 e. The lowest BCUT2D eigenvalue weighted by Gasteiger charge is -2.05. The second kappa shape index (κ2) is 6.29. The third kappa shape index (κ3) is 3.76. The summed E-state index contributed by atoms with van der Waals surface area (Å²) in [6, 6.07) is 9.38. The summed E-state index contributed by atoms with van der Waals surface area (Å²) in [5.74, 6) is 0.675. The Morgan fingerprint density at radius 3 is 2.68 bits per heavy atom. The molecule has 2 rings (SSSR count). The van der Waals surface area contributed by atoms with Gasteiger partial charge in [0.15, 0.2) is 0 Å². The van der Waals surface area contributed by atoms with Gasteiger partial charge in [-0.15, -0.1) is 0 Å². The lowest BCUT2D eigenvalue weighted by molar-refractivity contribution is 0.0950. The topological polar surface area (TPSA) is 54.1 Å². The highest BCUT2D eigenvalue weighted by Gasteiger charge is 2.06. The van der Waals surface area contributed by atoms with Crippen LogP contribution in [-0.4, -0.2) is 24.5 Å². The number of nitrogens with one attached hydrogen (secondary N) is 2. The zero-order valence-electron chi connectivity index (χ0n) is 10.6. The van der Waals surface area contributed by atoms with Crippen LogP contribution >= 0.6 is 11.6 Å². The van der Waals surface area contributed by atoms with Crippen molar-refractivity contribution in [2.45, 2.75) is 6.42 Å². The average molecular weight is 279 g/mol. The molecule has 0 saturated carbocycles. The first-order valence-electron chi connectivity index (χ1n) is 5.94. The first-order valence-corrected chi connectivity index (χ1v) is 6.32. The number of benzene rings is 1. The maximum absolute atomic E-state index is 11.7. The first-order chi connectivity index (χ1) is 9.19. The average Bonchev–Trinajstić information content (AvgIpc) is 2.86. The van der Waals surface area contributed by atoms with Crippen LogP contribution in [0.1, 0.15) is 16.1 Å². The van der Waals surface area contributed by atoms with E-state index in [1.807, 2.05) is 24.3 Å². The number of halogens is 1. The molecule has 1 amide bonds. The van der Waals surface area contributed by atoms with Gasteiger partial charge >= 0.3 is 0 Å². The predicted octanol–water partition coefficient (Wildman–Crippen LogP) is 2.65. The number of H-pyrrole nitrogens is 1. The Kier molecular flexibility index (Phi) is 4.47. The molecule has 0 aliphatic rings.